The Morgan fingerprint density at radius 1 is 1.53 bits per heavy atom. The quantitative estimate of drug-likeness (QED) is 0.806. The van der Waals surface area contributed by atoms with Gasteiger partial charge in [0.05, 0.1) is 5.69 Å². The van der Waals surface area contributed by atoms with Crippen LogP contribution in [0.3, 0.4) is 0 Å². The van der Waals surface area contributed by atoms with Crippen LogP contribution in [0.5, 0.6) is 0 Å². The first-order valence-corrected chi connectivity index (χ1v) is 5.80. The highest BCUT2D eigenvalue weighted by molar-refractivity contribution is 9.10. The number of hydrogen-bond donors (Lipinski definition) is 1. The SMILES string of the molecule is CC1CC1c1nc2cc(Br)cc(N)c2o1. The van der Waals surface area contributed by atoms with Gasteiger partial charge in [-0.3, -0.25) is 0 Å². The number of anilines is 1. The third kappa shape index (κ3) is 1.44. The molecule has 1 fully saturated rings. The maximum absolute atomic E-state index is 5.86. The summed E-state index contributed by atoms with van der Waals surface area (Å²) in [5.41, 5.74) is 8.07. The summed E-state index contributed by atoms with van der Waals surface area (Å²) in [5.74, 6) is 2.03. The normalized spacial score (nSPS) is 24.7. The lowest BCUT2D eigenvalue weighted by molar-refractivity contribution is 0.526. The summed E-state index contributed by atoms with van der Waals surface area (Å²) < 4.78 is 6.63. The van der Waals surface area contributed by atoms with E-state index in [2.05, 4.69) is 27.8 Å². The Bertz CT molecular complexity index is 535. The summed E-state index contributed by atoms with van der Waals surface area (Å²) >= 11 is 3.40. The zero-order valence-corrected chi connectivity index (χ0v) is 9.91. The molecule has 2 unspecified atom stereocenters. The van der Waals surface area contributed by atoms with Crippen molar-refractivity contribution in [3.05, 3.63) is 22.5 Å². The van der Waals surface area contributed by atoms with Gasteiger partial charge < -0.3 is 10.2 Å². The van der Waals surface area contributed by atoms with E-state index in [0.717, 1.165) is 15.9 Å². The molecule has 2 aromatic rings. The number of fused-ring (bicyclic) bond motifs is 1. The standard InChI is InChI=1S/C11H11BrN2O/c1-5-2-7(5)11-14-9-4-6(12)3-8(13)10(9)15-11/h3-5,7H,2,13H2,1H3. The summed E-state index contributed by atoms with van der Waals surface area (Å²) in [5, 5.41) is 0. The predicted octanol–water partition coefficient (Wildman–Crippen LogP) is 3.30. The van der Waals surface area contributed by atoms with E-state index in [1.807, 2.05) is 12.1 Å². The average Bonchev–Trinajstić information content (AvgIpc) is 2.74. The molecular formula is C11H11BrN2O. The lowest BCUT2D eigenvalue weighted by atomic mass is 10.3. The van der Waals surface area contributed by atoms with Crippen molar-refractivity contribution in [1.82, 2.24) is 4.98 Å². The second kappa shape index (κ2) is 2.98. The molecule has 0 aliphatic heterocycles. The van der Waals surface area contributed by atoms with E-state index < -0.39 is 0 Å². The molecule has 0 spiro atoms. The maximum Gasteiger partial charge on any atom is 0.198 e. The highest BCUT2D eigenvalue weighted by Crippen LogP contribution is 2.47. The predicted molar refractivity (Wildman–Crippen MR) is 62.6 cm³/mol. The number of hydrogen-bond acceptors (Lipinski definition) is 3. The van der Waals surface area contributed by atoms with Crippen molar-refractivity contribution >= 4 is 32.7 Å². The van der Waals surface area contributed by atoms with Crippen molar-refractivity contribution < 1.29 is 4.42 Å². The van der Waals surface area contributed by atoms with Gasteiger partial charge in [0.25, 0.3) is 0 Å². The van der Waals surface area contributed by atoms with E-state index in [1.54, 1.807) is 0 Å². The van der Waals surface area contributed by atoms with Gasteiger partial charge in [-0.2, -0.15) is 0 Å². The Morgan fingerprint density at radius 3 is 2.93 bits per heavy atom. The van der Waals surface area contributed by atoms with Crippen molar-refractivity contribution in [2.45, 2.75) is 19.3 Å². The minimum Gasteiger partial charge on any atom is -0.438 e. The van der Waals surface area contributed by atoms with Crippen LogP contribution in [0.2, 0.25) is 0 Å². The topological polar surface area (TPSA) is 52.0 Å². The lowest BCUT2D eigenvalue weighted by Crippen LogP contribution is -1.84. The fourth-order valence-electron chi connectivity index (χ4n) is 1.86. The summed E-state index contributed by atoms with van der Waals surface area (Å²) in [6, 6.07) is 3.78. The highest BCUT2D eigenvalue weighted by atomic mass is 79.9. The van der Waals surface area contributed by atoms with Crippen molar-refractivity contribution in [2.75, 3.05) is 5.73 Å². The van der Waals surface area contributed by atoms with Gasteiger partial charge in [0.2, 0.25) is 0 Å². The Kier molecular flexibility index (Phi) is 1.83. The molecule has 15 heavy (non-hydrogen) atoms. The van der Waals surface area contributed by atoms with Crippen molar-refractivity contribution in [3.63, 3.8) is 0 Å². The minimum atomic E-state index is 0.496. The Labute approximate surface area is 95.8 Å². The average molecular weight is 267 g/mol. The fourth-order valence-corrected chi connectivity index (χ4v) is 2.33. The van der Waals surface area contributed by atoms with E-state index in [1.165, 1.54) is 6.42 Å². The molecule has 0 bridgehead atoms. The largest absolute Gasteiger partial charge is 0.438 e. The second-order valence-corrected chi connectivity index (χ2v) is 5.13. The highest BCUT2D eigenvalue weighted by Gasteiger charge is 2.38. The summed E-state index contributed by atoms with van der Waals surface area (Å²) in [6.45, 7) is 2.21. The van der Waals surface area contributed by atoms with E-state index >= 15 is 0 Å². The van der Waals surface area contributed by atoms with Crippen molar-refractivity contribution in [1.29, 1.82) is 0 Å². The maximum atomic E-state index is 5.86. The first kappa shape index (κ1) is 9.21. The Hall–Kier alpha value is -1.03. The molecule has 3 rings (SSSR count). The fraction of sp³-hybridized carbons (Fsp3) is 0.364. The van der Waals surface area contributed by atoms with Gasteiger partial charge in [-0.1, -0.05) is 22.9 Å². The molecule has 4 heteroatoms. The molecule has 1 aliphatic rings. The zero-order chi connectivity index (χ0) is 10.6. The van der Waals surface area contributed by atoms with E-state index in [-0.39, 0.29) is 0 Å². The molecule has 2 N–H and O–H groups in total. The molecular weight excluding hydrogens is 256 g/mol. The first-order valence-electron chi connectivity index (χ1n) is 5.00. The molecule has 0 saturated heterocycles. The van der Waals surface area contributed by atoms with Gasteiger partial charge in [0.1, 0.15) is 5.52 Å². The van der Waals surface area contributed by atoms with Crippen LogP contribution in [-0.2, 0) is 0 Å². The number of rotatable bonds is 1. The molecule has 0 amide bonds. The van der Waals surface area contributed by atoms with E-state index in [0.29, 0.717) is 23.1 Å². The van der Waals surface area contributed by atoms with Gasteiger partial charge in [-0.05, 0) is 24.5 Å². The number of nitrogens with two attached hydrogens (primary N) is 1. The molecule has 78 valence electrons. The van der Waals surface area contributed by atoms with Gasteiger partial charge in [-0.25, -0.2) is 4.98 Å². The number of nitrogen functional groups attached to an aromatic ring is 1. The summed E-state index contributed by atoms with van der Waals surface area (Å²) in [6.07, 6.45) is 1.17. The Morgan fingerprint density at radius 2 is 2.27 bits per heavy atom. The van der Waals surface area contributed by atoms with Crippen LogP contribution in [0.1, 0.15) is 25.2 Å². The Balaban J connectivity index is 2.17. The first-order chi connectivity index (χ1) is 7.15. The van der Waals surface area contributed by atoms with Crippen LogP contribution in [0.25, 0.3) is 11.1 Å². The zero-order valence-electron chi connectivity index (χ0n) is 8.33. The van der Waals surface area contributed by atoms with Crippen LogP contribution in [0.15, 0.2) is 21.0 Å². The second-order valence-electron chi connectivity index (χ2n) is 4.21. The number of oxazole rings is 1. The number of benzene rings is 1. The van der Waals surface area contributed by atoms with Crippen molar-refractivity contribution in [3.8, 4) is 0 Å². The molecule has 3 nitrogen and oxygen atoms in total. The summed E-state index contributed by atoms with van der Waals surface area (Å²) in [4.78, 5) is 4.47. The van der Waals surface area contributed by atoms with Crippen LogP contribution in [0, 0.1) is 5.92 Å². The minimum absolute atomic E-state index is 0.496. The van der Waals surface area contributed by atoms with Gasteiger partial charge in [0, 0.05) is 10.4 Å². The van der Waals surface area contributed by atoms with Crippen LogP contribution in [-0.4, -0.2) is 4.98 Å². The van der Waals surface area contributed by atoms with Gasteiger partial charge in [-0.15, -0.1) is 0 Å². The monoisotopic (exact) mass is 266 g/mol. The smallest absolute Gasteiger partial charge is 0.198 e. The molecule has 1 aromatic carbocycles. The van der Waals surface area contributed by atoms with Crippen molar-refractivity contribution in [2.24, 2.45) is 5.92 Å². The van der Waals surface area contributed by atoms with Crippen LogP contribution in [0.4, 0.5) is 5.69 Å². The van der Waals surface area contributed by atoms with Gasteiger partial charge in [0.15, 0.2) is 11.5 Å². The third-order valence-corrected chi connectivity index (χ3v) is 3.38. The van der Waals surface area contributed by atoms with Gasteiger partial charge >= 0.3 is 0 Å². The third-order valence-electron chi connectivity index (χ3n) is 2.93. The molecule has 2 atom stereocenters. The van der Waals surface area contributed by atoms with E-state index in [4.69, 9.17) is 10.2 Å². The number of aromatic nitrogens is 1. The number of nitrogens with zero attached hydrogens (tertiary/aromatic N) is 1. The molecule has 1 aliphatic carbocycles. The van der Waals surface area contributed by atoms with Crippen LogP contribution < -0.4 is 5.73 Å². The molecule has 1 heterocycles. The lowest BCUT2D eigenvalue weighted by Gasteiger charge is -1.93. The van der Waals surface area contributed by atoms with E-state index in [9.17, 15) is 0 Å². The van der Waals surface area contributed by atoms with Crippen LogP contribution >= 0.6 is 15.9 Å². The molecule has 1 aromatic heterocycles. The number of halogens is 1. The summed E-state index contributed by atoms with van der Waals surface area (Å²) in [7, 11) is 0. The molecule has 1 saturated carbocycles. The molecule has 0 radical (unpaired) electrons.